The molecule has 1 aromatic heterocycles. The van der Waals surface area contributed by atoms with E-state index in [9.17, 15) is 26.4 Å². The van der Waals surface area contributed by atoms with E-state index in [0.717, 1.165) is 10.8 Å². The molecule has 1 atom stereocenters. The predicted octanol–water partition coefficient (Wildman–Crippen LogP) is 4.69. The number of hydrogen-bond donors (Lipinski definition) is 5. The highest BCUT2D eigenvalue weighted by Gasteiger charge is 2.38. The van der Waals surface area contributed by atoms with E-state index in [2.05, 4.69) is 15.6 Å². The van der Waals surface area contributed by atoms with E-state index in [1.807, 2.05) is 45.0 Å². The number of carboxylic acid groups (broad SMARTS) is 1. The van der Waals surface area contributed by atoms with Gasteiger partial charge in [0.1, 0.15) is 17.6 Å². The van der Waals surface area contributed by atoms with Crippen molar-refractivity contribution in [2.45, 2.75) is 45.6 Å². The first-order valence-corrected chi connectivity index (χ1v) is 15.7. The molecule has 258 valence electrons. The maximum absolute atomic E-state index is 13.7. The van der Waals surface area contributed by atoms with Crippen molar-refractivity contribution in [1.82, 2.24) is 10.3 Å². The van der Waals surface area contributed by atoms with Crippen molar-refractivity contribution < 1.29 is 49.9 Å². The van der Waals surface area contributed by atoms with Gasteiger partial charge in [0, 0.05) is 23.8 Å². The first-order valence-electron chi connectivity index (χ1n) is 14.2. The predicted molar refractivity (Wildman–Crippen MR) is 172 cm³/mol. The smallest absolute Gasteiger partial charge is 0.490 e. The quantitative estimate of drug-likeness (QED) is 0.138. The number of amides is 1. The Morgan fingerprint density at radius 2 is 1.73 bits per heavy atom. The molecule has 7 N–H and O–H groups in total. The van der Waals surface area contributed by atoms with Crippen LogP contribution in [0, 0.1) is 0 Å². The van der Waals surface area contributed by atoms with Crippen molar-refractivity contribution in [1.29, 1.82) is 0 Å². The number of nitrogen functional groups attached to an aromatic ring is 1. The van der Waals surface area contributed by atoms with Crippen molar-refractivity contribution in [3.05, 3.63) is 84.1 Å². The van der Waals surface area contributed by atoms with Crippen LogP contribution in [0.5, 0.6) is 17.2 Å². The van der Waals surface area contributed by atoms with Gasteiger partial charge < -0.3 is 35.1 Å². The summed E-state index contributed by atoms with van der Waals surface area (Å²) >= 11 is 0. The Hall–Kier alpha value is -5.29. The van der Waals surface area contributed by atoms with E-state index in [1.165, 1.54) is 12.1 Å². The van der Waals surface area contributed by atoms with Crippen LogP contribution in [-0.2, 0) is 26.4 Å². The fourth-order valence-electron chi connectivity index (χ4n) is 4.21. The molecule has 48 heavy (non-hydrogen) atoms. The number of alkyl halides is 3. The van der Waals surface area contributed by atoms with Crippen LogP contribution in [0.3, 0.4) is 0 Å². The van der Waals surface area contributed by atoms with Crippen molar-refractivity contribution >= 4 is 44.5 Å². The monoisotopic (exact) mass is 693 g/mol. The average molecular weight is 694 g/mol. The second-order valence-electron chi connectivity index (χ2n) is 10.3. The lowest BCUT2D eigenvalue weighted by Crippen LogP contribution is -2.33. The van der Waals surface area contributed by atoms with Crippen molar-refractivity contribution in [3.63, 3.8) is 0 Å². The van der Waals surface area contributed by atoms with Gasteiger partial charge in [-0.1, -0.05) is 18.2 Å². The summed E-state index contributed by atoms with van der Waals surface area (Å²) in [7, 11) is -4.18. The minimum Gasteiger partial charge on any atom is -0.490 e. The number of nitrogens with one attached hydrogen (secondary N) is 2. The third-order valence-electron chi connectivity index (χ3n) is 6.15. The van der Waals surface area contributed by atoms with Gasteiger partial charge in [0.15, 0.2) is 11.5 Å². The number of anilines is 2. The highest BCUT2D eigenvalue weighted by molar-refractivity contribution is 7.84. The summed E-state index contributed by atoms with van der Waals surface area (Å²) < 4.78 is 70.8. The van der Waals surface area contributed by atoms with Gasteiger partial charge in [0.25, 0.3) is 0 Å². The lowest BCUT2D eigenvalue weighted by molar-refractivity contribution is -0.192. The van der Waals surface area contributed by atoms with Gasteiger partial charge in [-0.25, -0.2) is 9.78 Å². The first-order chi connectivity index (χ1) is 22.5. The number of benzene rings is 3. The summed E-state index contributed by atoms with van der Waals surface area (Å²) in [6, 6.07) is 18.2. The molecule has 4 aromatic rings. The van der Waals surface area contributed by atoms with Crippen LogP contribution in [0.25, 0.3) is 10.8 Å². The second-order valence-corrected chi connectivity index (χ2v) is 11.4. The molecule has 3 aromatic carbocycles. The molecule has 0 saturated carbocycles. The van der Waals surface area contributed by atoms with Gasteiger partial charge in [-0.2, -0.15) is 26.7 Å². The number of carbonyl (C=O) groups excluding carboxylic acids is 1. The molecule has 0 saturated heterocycles. The number of ether oxygens (including phenoxy) is 2. The molecule has 0 spiro atoms. The number of nitrogens with zero attached hydrogens (tertiary/aromatic N) is 1. The zero-order chi connectivity index (χ0) is 35.6. The summed E-state index contributed by atoms with van der Waals surface area (Å²) in [6.07, 6.45) is -3.52. The fraction of sp³-hybridized carbons (Fsp3) is 0.258. The molecule has 1 heterocycles. The lowest BCUT2D eigenvalue weighted by atomic mass is 10.0. The third kappa shape index (κ3) is 11.2. The maximum atomic E-state index is 13.7. The van der Waals surface area contributed by atoms with Gasteiger partial charge in [0.2, 0.25) is 5.91 Å². The molecule has 4 rings (SSSR count). The minimum atomic E-state index is -5.08. The maximum Gasteiger partial charge on any atom is 0.490 e. The zero-order valence-electron chi connectivity index (χ0n) is 25.9. The Morgan fingerprint density at radius 1 is 1.02 bits per heavy atom. The summed E-state index contributed by atoms with van der Waals surface area (Å²) in [6.45, 7) is 6.24. The summed E-state index contributed by atoms with van der Waals surface area (Å²) in [5.41, 5.74) is 7.95. The van der Waals surface area contributed by atoms with Crippen LogP contribution < -0.4 is 35.2 Å². The van der Waals surface area contributed by atoms with Crippen LogP contribution in [0.1, 0.15) is 37.9 Å². The van der Waals surface area contributed by atoms with Crippen molar-refractivity contribution in [3.8, 4) is 17.2 Å². The number of rotatable bonds is 12. The minimum absolute atomic E-state index is 0.0425. The van der Waals surface area contributed by atoms with E-state index < -0.39 is 28.5 Å². The van der Waals surface area contributed by atoms with Crippen LogP contribution >= 0.6 is 0 Å². The number of fused-ring (bicyclic) bond motifs is 1. The van der Waals surface area contributed by atoms with Crippen LogP contribution in [0.4, 0.5) is 24.7 Å². The van der Waals surface area contributed by atoms with Crippen LogP contribution in [0.2, 0.25) is 0 Å². The van der Waals surface area contributed by atoms with Gasteiger partial charge in [0.05, 0.1) is 12.7 Å². The largest absolute Gasteiger partial charge is 0.490 e. The van der Waals surface area contributed by atoms with E-state index in [0.29, 0.717) is 40.7 Å². The zero-order valence-corrected chi connectivity index (χ0v) is 26.8. The molecule has 0 unspecified atom stereocenters. The average Bonchev–Trinajstić information content (AvgIpc) is 2.99. The molecule has 0 aliphatic carbocycles. The Labute approximate surface area is 274 Å². The van der Waals surface area contributed by atoms with Crippen LogP contribution in [0.15, 0.2) is 72.9 Å². The third-order valence-corrected chi connectivity index (χ3v) is 6.58. The second kappa shape index (κ2) is 16.0. The number of pyridine rings is 1. The normalized spacial score (nSPS) is 12.0. The molecular weight excluding hydrogens is 659 g/mol. The number of aromatic nitrogens is 1. The highest BCUT2D eigenvalue weighted by atomic mass is 32.2. The molecule has 0 aliphatic rings. The number of carbonyl (C=O) groups is 2. The number of carboxylic acids is 1. The Bertz CT molecular complexity index is 1860. The number of hydrogen-bond acceptors (Lipinski definition) is 10. The summed E-state index contributed by atoms with van der Waals surface area (Å²) in [4.78, 5) is 26.7. The topological polar surface area (TPSA) is 205 Å². The van der Waals surface area contributed by atoms with Crippen molar-refractivity contribution in [2.24, 2.45) is 5.14 Å². The van der Waals surface area contributed by atoms with Gasteiger partial charge in [-0.05, 0) is 85.8 Å². The molecule has 0 bridgehead atoms. The molecule has 13 nitrogen and oxygen atoms in total. The van der Waals surface area contributed by atoms with E-state index in [-0.39, 0.29) is 24.3 Å². The molecule has 17 heteroatoms. The molecule has 0 aliphatic heterocycles. The fourth-order valence-corrected chi connectivity index (χ4v) is 4.59. The van der Waals surface area contributed by atoms with Gasteiger partial charge in [-0.3, -0.25) is 4.79 Å². The Balaban J connectivity index is 0.000000804. The first kappa shape index (κ1) is 37.2. The number of aliphatic carboxylic acids is 1. The molecular formula is C31H34F3N5O8S. The van der Waals surface area contributed by atoms with Gasteiger partial charge in [-0.15, -0.1) is 0 Å². The van der Waals surface area contributed by atoms with E-state index in [1.54, 1.807) is 36.5 Å². The SMILES string of the molecule is CCOc1cc([C@@H](Nc2ccc3c(N)nccc3c2)C(=O)NCc2cccc(OS(N)(=O)=O)c2)ccc1OC(C)C.O=C(O)C(F)(F)F. The van der Waals surface area contributed by atoms with Gasteiger partial charge >= 0.3 is 22.4 Å². The molecule has 1 amide bonds. The van der Waals surface area contributed by atoms with Crippen LogP contribution in [-0.4, -0.2) is 49.3 Å². The number of halogens is 3. The number of nitrogens with two attached hydrogens (primary N) is 2. The Morgan fingerprint density at radius 3 is 2.35 bits per heavy atom. The lowest BCUT2D eigenvalue weighted by Gasteiger charge is -2.22. The highest BCUT2D eigenvalue weighted by Crippen LogP contribution is 2.33. The summed E-state index contributed by atoms with van der Waals surface area (Å²) in [5, 5.41) is 20.0. The van der Waals surface area contributed by atoms with E-state index in [4.69, 9.17) is 34.4 Å². The van der Waals surface area contributed by atoms with Crippen molar-refractivity contribution in [2.75, 3.05) is 17.7 Å². The van der Waals surface area contributed by atoms with E-state index >= 15 is 0 Å². The molecule has 0 fully saturated rings. The Kier molecular flexibility index (Phi) is 12.4. The molecule has 0 radical (unpaired) electrons. The summed E-state index contributed by atoms with van der Waals surface area (Å²) in [5.74, 6) is -1.54. The standard InChI is InChI=1S/C29H33N5O6S.C2HF3O2/c1-4-38-26-16-21(8-11-25(26)39-18(2)3)27(34-22-9-10-24-20(15-22)12-13-32-28(24)30)29(35)33-17-19-6-5-7-23(14-19)40-41(31,36)37;3-2(4,5)1(6)7/h5-16,18,27,34H,4,17H2,1-3H3,(H2,30,32)(H,33,35)(H2,31,36,37);(H,6,7)/t27-;/m1./s1.